The summed E-state index contributed by atoms with van der Waals surface area (Å²) in [5.74, 6) is 0.590. The molecule has 0 radical (unpaired) electrons. The molecule has 2 fully saturated rings. The van der Waals surface area contributed by atoms with Crippen molar-refractivity contribution in [3.05, 3.63) is 16.1 Å². The quantitative estimate of drug-likeness (QED) is 0.881. The second-order valence-corrected chi connectivity index (χ2v) is 6.33. The topological polar surface area (TPSA) is 62.3 Å². The van der Waals surface area contributed by atoms with Crippen molar-refractivity contribution in [2.75, 3.05) is 19.6 Å². The first-order valence-corrected chi connectivity index (χ1v) is 7.48. The number of fused-ring (bicyclic) bond motifs is 1. The summed E-state index contributed by atoms with van der Waals surface area (Å²) in [6.07, 6.45) is 1.19. The number of aromatic nitrogens is 1. The van der Waals surface area contributed by atoms with Crippen LogP contribution in [-0.2, 0) is 16.0 Å². The number of thiazole rings is 1. The Morgan fingerprint density at radius 2 is 2.42 bits per heavy atom. The average Bonchev–Trinajstić information content (AvgIpc) is 3.05. The Balaban J connectivity index is 1.53. The fraction of sp³-hybridized carbons (Fsp3) is 0.615. The SMILES string of the molecule is Cc1nc(CCC(=O)N2C[C@@H]3CNC(=O)[C@@H]3C2)cs1. The van der Waals surface area contributed by atoms with Gasteiger partial charge in [-0.2, -0.15) is 0 Å². The molecule has 2 atom stereocenters. The van der Waals surface area contributed by atoms with E-state index in [-0.39, 0.29) is 17.7 Å². The molecule has 2 amide bonds. The summed E-state index contributed by atoms with van der Waals surface area (Å²) in [7, 11) is 0. The van der Waals surface area contributed by atoms with Crippen LogP contribution in [0.25, 0.3) is 0 Å². The van der Waals surface area contributed by atoms with Crippen molar-refractivity contribution in [2.24, 2.45) is 11.8 Å². The number of carbonyl (C=O) groups is 2. The number of amides is 2. The van der Waals surface area contributed by atoms with E-state index in [4.69, 9.17) is 0 Å². The van der Waals surface area contributed by atoms with Crippen molar-refractivity contribution in [3.8, 4) is 0 Å². The van der Waals surface area contributed by atoms with Crippen LogP contribution < -0.4 is 5.32 Å². The number of hydrogen-bond donors (Lipinski definition) is 1. The van der Waals surface area contributed by atoms with Gasteiger partial charge in [0.2, 0.25) is 11.8 Å². The minimum Gasteiger partial charge on any atom is -0.355 e. The van der Waals surface area contributed by atoms with Gasteiger partial charge >= 0.3 is 0 Å². The first-order valence-electron chi connectivity index (χ1n) is 6.60. The zero-order chi connectivity index (χ0) is 13.4. The van der Waals surface area contributed by atoms with Crippen LogP contribution in [-0.4, -0.2) is 41.3 Å². The van der Waals surface area contributed by atoms with E-state index >= 15 is 0 Å². The molecule has 2 aliphatic rings. The van der Waals surface area contributed by atoms with E-state index in [1.54, 1.807) is 11.3 Å². The van der Waals surface area contributed by atoms with E-state index in [1.807, 2.05) is 17.2 Å². The van der Waals surface area contributed by atoms with Gasteiger partial charge in [0.05, 0.1) is 16.6 Å². The van der Waals surface area contributed by atoms with Crippen LogP contribution in [0.2, 0.25) is 0 Å². The molecule has 2 saturated heterocycles. The number of rotatable bonds is 3. The van der Waals surface area contributed by atoms with E-state index in [1.165, 1.54) is 0 Å². The lowest BCUT2D eigenvalue weighted by Gasteiger charge is -2.16. The van der Waals surface area contributed by atoms with Crippen molar-refractivity contribution < 1.29 is 9.59 Å². The largest absolute Gasteiger partial charge is 0.355 e. The summed E-state index contributed by atoms with van der Waals surface area (Å²) in [6, 6.07) is 0. The number of nitrogens with one attached hydrogen (secondary N) is 1. The van der Waals surface area contributed by atoms with Gasteiger partial charge in [0.1, 0.15) is 0 Å². The predicted octanol–water partition coefficient (Wildman–Crippen LogP) is 0.589. The summed E-state index contributed by atoms with van der Waals surface area (Å²) in [5.41, 5.74) is 0.994. The maximum absolute atomic E-state index is 12.1. The second kappa shape index (κ2) is 4.92. The highest BCUT2D eigenvalue weighted by Crippen LogP contribution is 2.27. The Hall–Kier alpha value is -1.43. The molecule has 0 bridgehead atoms. The monoisotopic (exact) mass is 279 g/mol. The Labute approximate surface area is 116 Å². The Morgan fingerprint density at radius 1 is 1.58 bits per heavy atom. The van der Waals surface area contributed by atoms with Crippen LogP contribution in [0, 0.1) is 18.8 Å². The van der Waals surface area contributed by atoms with E-state index < -0.39 is 0 Å². The number of likely N-dealkylation sites (tertiary alicyclic amines) is 1. The Bertz CT molecular complexity index is 514. The fourth-order valence-corrected chi connectivity index (χ4v) is 3.50. The number of aryl methyl sites for hydroxylation is 2. The van der Waals surface area contributed by atoms with Gasteiger partial charge in [0.15, 0.2) is 0 Å². The maximum atomic E-state index is 12.1. The van der Waals surface area contributed by atoms with Crippen LogP contribution >= 0.6 is 11.3 Å². The molecule has 102 valence electrons. The lowest BCUT2D eigenvalue weighted by Crippen LogP contribution is -2.33. The third-order valence-corrected chi connectivity index (χ3v) is 4.75. The molecule has 5 nitrogen and oxygen atoms in total. The Morgan fingerprint density at radius 3 is 3.11 bits per heavy atom. The van der Waals surface area contributed by atoms with E-state index in [2.05, 4.69) is 10.3 Å². The summed E-state index contributed by atoms with van der Waals surface area (Å²) in [4.78, 5) is 29.9. The van der Waals surface area contributed by atoms with E-state index in [0.29, 0.717) is 25.3 Å². The standard InChI is InChI=1S/C13H17N3O2S/c1-8-15-10(7-19-8)2-3-12(17)16-5-9-4-14-13(18)11(9)6-16/h7,9,11H,2-6H2,1H3,(H,14,18)/t9-,11+/m0/s1. The lowest BCUT2D eigenvalue weighted by molar-refractivity contribution is -0.130. The molecule has 0 saturated carbocycles. The number of nitrogens with zero attached hydrogens (tertiary/aromatic N) is 2. The van der Waals surface area contributed by atoms with Gasteiger partial charge in [0, 0.05) is 37.4 Å². The highest BCUT2D eigenvalue weighted by atomic mass is 32.1. The minimum atomic E-state index is 0.0190. The van der Waals surface area contributed by atoms with Gasteiger partial charge in [-0.3, -0.25) is 9.59 Å². The van der Waals surface area contributed by atoms with Gasteiger partial charge in [-0.15, -0.1) is 11.3 Å². The molecule has 1 aromatic rings. The molecule has 2 aliphatic heterocycles. The lowest BCUT2D eigenvalue weighted by atomic mass is 10.0. The van der Waals surface area contributed by atoms with Gasteiger partial charge in [-0.1, -0.05) is 0 Å². The zero-order valence-corrected chi connectivity index (χ0v) is 11.7. The van der Waals surface area contributed by atoms with Crippen LogP contribution in [0.4, 0.5) is 0 Å². The zero-order valence-electron chi connectivity index (χ0n) is 10.9. The molecule has 0 aliphatic carbocycles. The molecule has 19 heavy (non-hydrogen) atoms. The molecule has 0 aromatic carbocycles. The Kier molecular flexibility index (Phi) is 3.26. The maximum Gasteiger partial charge on any atom is 0.225 e. The molecule has 3 heterocycles. The smallest absolute Gasteiger partial charge is 0.225 e. The van der Waals surface area contributed by atoms with Gasteiger partial charge in [0.25, 0.3) is 0 Å². The second-order valence-electron chi connectivity index (χ2n) is 5.27. The third-order valence-electron chi connectivity index (χ3n) is 3.93. The molecular formula is C13H17N3O2S. The van der Waals surface area contributed by atoms with Crippen molar-refractivity contribution in [1.82, 2.24) is 15.2 Å². The number of hydrogen-bond acceptors (Lipinski definition) is 4. The van der Waals surface area contributed by atoms with Gasteiger partial charge < -0.3 is 10.2 Å². The van der Waals surface area contributed by atoms with Crippen molar-refractivity contribution in [2.45, 2.75) is 19.8 Å². The van der Waals surface area contributed by atoms with Crippen molar-refractivity contribution >= 4 is 23.2 Å². The fourth-order valence-electron chi connectivity index (χ4n) is 2.86. The van der Waals surface area contributed by atoms with Crippen LogP contribution in [0.5, 0.6) is 0 Å². The molecular weight excluding hydrogens is 262 g/mol. The average molecular weight is 279 g/mol. The van der Waals surface area contributed by atoms with Crippen LogP contribution in [0.1, 0.15) is 17.1 Å². The molecule has 1 N–H and O–H groups in total. The highest BCUT2D eigenvalue weighted by molar-refractivity contribution is 7.09. The summed E-state index contributed by atoms with van der Waals surface area (Å²) >= 11 is 1.61. The van der Waals surface area contributed by atoms with E-state index in [0.717, 1.165) is 23.8 Å². The van der Waals surface area contributed by atoms with Crippen molar-refractivity contribution in [3.63, 3.8) is 0 Å². The summed E-state index contributed by atoms with van der Waals surface area (Å²) in [5, 5.41) is 5.90. The molecule has 3 rings (SSSR count). The molecule has 0 unspecified atom stereocenters. The normalized spacial score (nSPS) is 25.5. The first kappa shape index (κ1) is 12.6. The summed E-state index contributed by atoms with van der Waals surface area (Å²) < 4.78 is 0. The highest BCUT2D eigenvalue weighted by Gasteiger charge is 2.43. The number of carbonyl (C=O) groups excluding carboxylic acids is 2. The molecule has 1 aromatic heterocycles. The van der Waals surface area contributed by atoms with Crippen molar-refractivity contribution in [1.29, 1.82) is 0 Å². The van der Waals surface area contributed by atoms with Crippen LogP contribution in [0.3, 0.4) is 0 Å². The van der Waals surface area contributed by atoms with Gasteiger partial charge in [-0.05, 0) is 13.3 Å². The molecule has 6 heteroatoms. The third kappa shape index (κ3) is 2.49. The minimum absolute atomic E-state index is 0.0190. The summed E-state index contributed by atoms with van der Waals surface area (Å²) in [6.45, 7) is 4.00. The van der Waals surface area contributed by atoms with E-state index in [9.17, 15) is 9.59 Å². The molecule has 0 spiro atoms. The van der Waals surface area contributed by atoms with Crippen LogP contribution in [0.15, 0.2) is 5.38 Å². The van der Waals surface area contributed by atoms with Gasteiger partial charge in [-0.25, -0.2) is 4.98 Å². The first-order chi connectivity index (χ1) is 9.13. The predicted molar refractivity (Wildman–Crippen MR) is 71.7 cm³/mol.